The molecule has 8 atom stereocenters. The molecule has 8 bridgehead atoms. The second kappa shape index (κ2) is 17.5. The molecule has 254 valence electrons. The minimum absolute atomic E-state index is 0. The monoisotopic (exact) mass is 710 g/mol. The SMILES string of the molecule is C1CCC2C3NC(NC4NC(NC5NC(NC6NC(N3)C3CCCCC63)C3CCCCC53)C3CCCCC43)C2C1.CS(C)=O.[H-].[H-].[K+].[K+]. The van der Waals surface area contributed by atoms with Gasteiger partial charge in [0.25, 0.3) is 0 Å². The molecule has 0 amide bonds. The van der Waals surface area contributed by atoms with Gasteiger partial charge in [-0.25, -0.2) is 0 Å². The quantitative estimate of drug-likeness (QED) is 0.124. The van der Waals surface area contributed by atoms with Crippen LogP contribution in [0.4, 0.5) is 0 Å². The molecule has 8 unspecified atom stereocenters. The molecule has 0 spiro atoms. The first-order chi connectivity index (χ1) is 21.5. The van der Waals surface area contributed by atoms with Gasteiger partial charge in [-0.1, -0.05) is 51.4 Å². The summed E-state index contributed by atoms with van der Waals surface area (Å²) < 4.78 is 9.56. The fourth-order valence-corrected chi connectivity index (χ4v) is 12.0. The summed E-state index contributed by atoms with van der Waals surface area (Å²) in [5, 5.41) is 33.8. The third-order valence-electron chi connectivity index (χ3n) is 13.8. The van der Waals surface area contributed by atoms with E-state index in [4.69, 9.17) is 0 Å². The maximum absolute atomic E-state index is 9.56. The van der Waals surface area contributed by atoms with Gasteiger partial charge in [0.2, 0.25) is 0 Å². The summed E-state index contributed by atoms with van der Waals surface area (Å²) in [5.74, 6) is 5.97. The number of hydrogen-bond acceptors (Lipinski definition) is 9. The predicted octanol–water partition coefficient (Wildman–Crippen LogP) is -3.17. The van der Waals surface area contributed by atoms with Crippen LogP contribution in [-0.4, -0.2) is 66.0 Å². The van der Waals surface area contributed by atoms with E-state index in [9.17, 15) is 4.21 Å². The number of nitrogens with one attached hydrogen (secondary N) is 8. The summed E-state index contributed by atoms with van der Waals surface area (Å²) in [6.45, 7) is 0. The second-order valence-electron chi connectivity index (χ2n) is 16.3. The van der Waals surface area contributed by atoms with Crippen molar-refractivity contribution in [3.05, 3.63) is 0 Å². The third-order valence-corrected chi connectivity index (χ3v) is 13.8. The van der Waals surface area contributed by atoms with Crippen LogP contribution >= 0.6 is 0 Å². The van der Waals surface area contributed by atoms with Crippen molar-refractivity contribution in [3.63, 3.8) is 0 Å². The van der Waals surface area contributed by atoms with E-state index in [-0.39, 0.29) is 106 Å². The first kappa shape index (κ1) is 38.8. The molecule has 4 aliphatic carbocycles. The minimum Gasteiger partial charge on any atom is -1.00 e. The Morgan fingerprint density at radius 2 is 0.457 bits per heavy atom. The summed E-state index contributed by atoms with van der Waals surface area (Å²) in [5.41, 5.74) is 0. The average molecular weight is 711 g/mol. The van der Waals surface area contributed by atoms with Crippen LogP contribution in [0.15, 0.2) is 0 Å². The van der Waals surface area contributed by atoms with Crippen molar-refractivity contribution in [2.45, 2.75) is 152 Å². The zero-order chi connectivity index (χ0) is 29.8. The van der Waals surface area contributed by atoms with Crippen molar-refractivity contribution in [2.24, 2.45) is 47.3 Å². The molecule has 0 aromatic rings. The maximum atomic E-state index is 9.56. The van der Waals surface area contributed by atoms with Crippen LogP contribution < -0.4 is 145 Å². The Morgan fingerprint density at radius 1 is 0.348 bits per heavy atom. The molecule has 9 nitrogen and oxygen atoms in total. The molecule has 5 aliphatic heterocycles. The van der Waals surface area contributed by atoms with Crippen molar-refractivity contribution in [3.8, 4) is 0 Å². The number of fused-ring (bicyclic) bond motifs is 20. The molecule has 9 rings (SSSR count). The second-order valence-corrected chi connectivity index (χ2v) is 17.8. The van der Waals surface area contributed by atoms with Gasteiger partial charge < -0.3 is 2.85 Å². The maximum Gasteiger partial charge on any atom is 1.00 e. The smallest absolute Gasteiger partial charge is 1.00 e. The molecule has 0 radical (unpaired) electrons. The molecule has 9 fully saturated rings. The van der Waals surface area contributed by atoms with Crippen molar-refractivity contribution < 1.29 is 110 Å². The fourth-order valence-electron chi connectivity index (χ4n) is 12.0. The van der Waals surface area contributed by atoms with Crippen molar-refractivity contribution in [1.29, 1.82) is 0 Å². The molecule has 4 saturated carbocycles. The molecule has 9 aliphatic rings. The Morgan fingerprint density at radius 3 is 0.565 bits per heavy atom. The molecular weight excluding hydrogens is 647 g/mol. The van der Waals surface area contributed by atoms with Gasteiger partial charge in [-0.05, 0) is 98.7 Å². The van der Waals surface area contributed by atoms with Crippen LogP contribution in [0, 0.1) is 47.3 Å². The Kier molecular flexibility index (Phi) is 14.8. The Labute approximate surface area is 369 Å². The van der Waals surface area contributed by atoms with Gasteiger partial charge in [0.15, 0.2) is 0 Å². The standard InChI is InChI=1S/C32H56N8.C2H6OS.2K.2H/c1-2-10-18-17(9-1)25-33-26(18)38-28-21-13-5-6-14-22(21)30(35-28)40-32-24-16-8-7-15-23(24)31(36-32)39-29-20-12-4-3-11-19(20)27(34-29)37-25;1-4(2)3;;;;/h17-40H,1-16H2;1-2H3;;;;/q;;2*+1;2*-1. The number of rotatable bonds is 0. The van der Waals surface area contributed by atoms with Crippen molar-refractivity contribution in [2.75, 3.05) is 12.5 Å². The zero-order valence-corrected chi connectivity index (χ0v) is 36.4. The van der Waals surface area contributed by atoms with E-state index in [2.05, 4.69) is 42.5 Å². The molecule has 5 saturated heterocycles. The molecule has 12 heteroatoms. The van der Waals surface area contributed by atoms with E-state index < -0.39 is 10.8 Å². The molecule has 0 aromatic heterocycles. The van der Waals surface area contributed by atoms with E-state index >= 15 is 0 Å². The van der Waals surface area contributed by atoms with Crippen LogP contribution in [0.3, 0.4) is 0 Å². The molecule has 8 N–H and O–H groups in total. The third kappa shape index (κ3) is 8.11. The van der Waals surface area contributed by atoms with E-state index in [0.717, 1.165) is 47.3 Å². The Balaban J connectivity index is 0.000000619. The largest absolute Gasteiger partial charge is 1.00 e. The van der Waals surface area contributed by atoms with Gasteiger partial charge in [-0.2, -0.15) is 0 Å². The molecule has 0 aromatic carbocycles. The van der Waals surface area contributed by atoms with Crippen molar-refractivity contribution in [1.82, 2.24) is 42.5 Å². The van der Waals surface area contributed by atoms with Gasteiger partial charge in [0.05, 0.1) is 49.3 Å². The van der Waals surface area contributed by atoms with Crippen LogP contribution in [-0.2, 0) is 10.8 Å². The average Bonchev–Trinajstić information content (AvgIpc) is 3.76. The zero-order valence-electron chi connectivity index (χ0n) is 31.4. The van der Waals surface area contributed by atoms with Crippen LogP contribution in [0.2, 0.25) is 0 Å². The van der Waals surface area contributed by atoms with Crippen LogP contribution in [0.1, 0.15) is 106 Å². The first-order valence-corrected chi connectivity index (χ1v) is 20.8. The predicted molar refractivity (Wildman–Crippen MR) is 179 cm³/mol. The van der Waals surface area contributed by atoms with Crippen LogP contribution in [0.25, 0.3) is 0 Å². The molecule has 5 heterocycles. The first-order valence-electron chi connectivity index (χ1n) is 18.9. The van der Waals surface area contributed by atoms with E-state index in [1.165, 1.54) is 103 Å². The van der Waals surface area contributed by atoms with E-state index in [0.29, 0.717) is 49.3 Å². The molecule has 46 heavy (non-hydrogen) atoms. The Hall–Kier alpha value is 3.10. The summed E-state index contributed by atoms with van der Waals surface area (Å²) >= 11 is 0. The van der Waals surface area contributed by atoms with Crippen LogP contribution in [0.5, 0.6) is 0 Å². The van der Waals surface area contributed by atoms with E-state index in [1.807, 2.05) is 0 Å². The van der Waals surface area contributed by atoms with Gasteiger partial charge in [-0.3, -0.25) is 46.7 Å². The minimum atomic E-state index is -0.611. The summed E-state index contributed by atoms with van der Waals surface area (Å²) in [6, 6.07) is 0. The topological polar surface area (TPSA) is 113 Å². The van der Waals surface area contributed by atoms with E-state index in [1.54, 1.807) is 12.5 Å². The summed E-state index contributed by atoms with van der Waals surface area (Å²) in [7, 11) is -0.611. The normalized spacial score (nSPS) is 50.8. The van der Waals surface area contributed by atoms with Gasteiger partial charge >= 0.3 is 103 Å². The van der Waals surface area contributed by atoms with Gasteiger partial charge in [-0.15, -0.1) is 0 Å². The summed E-state index contributed by atoms with van der Waals surface area (Å²) in [4.78, 5) is 0. The number of hydrogen-bond donors (Lipinski definition) is 8. The van der Waals surface area contributed by atoms with Gasteiger partial charge in [0.1, 0.15) is 0 Å². The van der Waals surface area contributed by atoms with Gasteiger partial charge in [0, 0.05) is 23.3 Å². The summed E-state index contributed by atoms with van der Waals surface area (Å²) in [6.07, 6.45) is 28.9. The Bertz CT molecular complexity index is 832. The van der Waals surface area contributed by atoms with Crippen molar-refractivity contribution >= 4 is 10.8 Å². The fraction of sp³-hybridized carbons (Fsp3) is 1.00. The molecular formula is C34H64K2N8OS.